The van der Waals surface area contributed by atoms with Gasteiger partial charge in [0.1, 0.15) is 0 Å². The second kappa shape index (κ2) is 6.96. The number of H-pyrrole nitrogens is 1. The van der Waals surface area contributed by atoms with Gasteiger partial charge in [-0.05, 0) is 55.0 Å². The molecule has 0 spiro atoms. The standard InChI is InChI=1S/C21H20ClN3O/c1-13-6-8-19-16(10-13)17-11-14(7-9-20(17)24-19)21(26)25-23-12-15-4-2-3-5-18(15)22/h2-5,7,9,11-13,24H,6,8,10H2,1H3,(H,25,26)/b23-12-. The highest BCUT2D eigenvalue weighted by Crippen LogP contribution is 2.32. The highest BCUT2D eigenvalue weighted by Gasteiger charge is 2.20. The summed E-state index contributed by atoms with van der Waals surface area (Å²) in [4.78, 5) is 15.9. The third-order valence-corrected chi connectivity index (χ3v) is 5.32. The largest absolute Gasteiger partial charge is 0.358 e. The van der Waals surface area contributed by atoms with Crippen molar-refractivity contribution in [3.05, 3.63) is 69.9 Å². The zero-order valence-corrected chi connectivity index (χ0v) is 15.3. The van der Waals surface area contributed by atoms with Crippen LogP contribution >= 0.6 is 11.6 Å². The molecule has 1 atom stereocenters. The molecule has 26 heavy (non-hydrogen) atoms. The van der Waals surface area contributed by atoms with E-state index in [1.165, 1.54) is 17.7 Å². The van der Waals surface area contributed by atoms with Gasteiger partial charge in [-0.3, -0.25) is 4.79 Å². The number of benzene rings is 2. The highest BCUT2D eigenvalue weighted by molar-refractivity contribution is 6.33. The fraction of sp³-hybridized carbons (Fsp3) is 0.238. The van der Waals surface area contributed by atoms with E-state index in [0.29, 0.717) is 16.5 Å². The Balaban J connectivity index is 1.55. The number of halogens is 1. The van der Waals surface area contributed by atoms with Crippen molar-refractivity contribution in [1.82, 2.24) is 10.4 Å². The van der Waals surface area contributed by atoms with Crippen LogP contribution in [-0.2, 0) is 12.8 Å². The van der Waals surface area contributed by atoms with Crippen LogP contribution in [0.25, 0.3) is 10.9 Å². The Labute approximate surface area is 157 Å². The summed E-state index contributed by atoms with van der Waals surface area (Å²) < 4.78 is 0. The lowest BCUT2D eigenvalue weighted by Crippen LogP contribution is -2.17. The van der Waals surface area contributed by atoms with Crippen LogP contribution in [0.5, 0.6) is 0 Å². The van der Waals surface area contributed by atoms with E-state index in [-0.39, 0.29) is 5.91 Å². The fourth-order valence-electron chi connectivity index (χ4n) is 3.54. The fourth-order valence-corrected chi connectivity index (χ4v) is 3.72. The third-order valence-electron chi connectivity index (χ3n) is 4.97. The van der Waals surface area contributed by atoms with Crippen molar-refractivity contribution in [2.45, 2.75) is 26.2 Å². The van der Waals surface area contributed by atoms with Crippen molar-refractivity contribution in [1.29, 1.82) is 0 Å². The summed E-state index contributed by atoms with van der Waals surface area (Å²) in [6.45, 7) is 2.28. The minimum atomic E-state index is -0.228. The molecule has 0 bridgehead atoms. The summed E-state index contributed by atoms with van der Waals surface area (Å²) >= 11 is 6.08. The number of fused-ring (bicyclic) bond motifs is 3. The lowest BCUT2D eigenvalue weighted by molar-refractivity contribution is 0.0955. The maximum absolute atomic E-state index is 12.4. The summed E-state index contributed by atoms with van der Waals surface area (Å²) in [6, 6.07) is 13.1. The Hall–Kier alpha value is -2.59. The molecule has 3 aromatic rings. The average Bonchev–Trinajstić information content (AvgIpc) is 3.00. The Bertz CT molecular complexity index is 1010. The third kappa shape index (κ3) is 3.25. The number of hydrogen-bond acceptors (Lipinski definition) is 2. The van der Waals surface area contributed by atoms with Crippen LogP contribution in [0.1, 0.15) is 40.5 Å². The van der Waals surface area contributed by atoms with Crippen LogP contribution in [0.3, 0.4) is 0 Å². The molecule has 1 aliphatic carbocycles. The van der Waals surface area contributed by atoms with E-state index in [1.54, 1.807) is 12.3 Å². The molecule has 1 unspecified atom stereocenters. The first kappa shape index (κ1) is 16.9. The van der Waals surface area contributed by atoms with Gasteiger partial charge in [0.05, 0.1) is 6.21 Å². The van der Waals surface area contributed by atoms with Crippen LogP contribution in [0.2, 0.25) is 5.02 Å². The first-order valence-corrected chi connectivity index (χ1v) is 9.21. The van der Waals surface area contributed by atoms with Crippen molar-refractivity contribution in [3.63, 3.8) is 0 Å². The molecule has 2 N–H and O–H groups in total. The van der Waals surface area contributed by atoms with Crippen LogP contribution in [0.4, 0.5) is 0 Å². The van der Waals surface area contributed by atoms with Crippen LogP contribution < -0.4 is 5.43 Å². The Kier molecular flexibility index (Phi) is 4.51. The summed E-state index contributed by atoms with van der Waals surface area (Å²) in [6.07, 6.45) is 4.91. The zero-order chi connectivity index (χ0) is 18.1. The normalized spacial score (nSPS) is 16.8. The Morgan fingerprint density at radius 2 is 2.15 bits per heavy atom. The number of nitrogens with zero attached hydrogens (tertiary/aromatic N) is 1. The molecular formula is C21H20ClN3O. The lowest BCUT2D eigenvalue weighted by Gasteiger charge is -2.18. The minimum absolute atomic E-state index is 0.228. The molecule has 132 valence electrons. The maximum Gasteiger partial charge on any atom is 0.271 e. The summed E-state index contributed by atoms with van der Waals surface area (Å²) in [7, 11) is 0. The molecule has 1 aliphatic rings. The van der Waals surface area contributed by atoms with Gasteiger partial charge in [-0.15, -0.1) is 0 Å². The van der Waals surface area contributed by atoms with Gasteiger partial charge in [-0.2, -0.15) is 5.10 Å². The summed E-state index contributed by atoms with van der Waals surface area (Å²) in [5.74, 6) is 0.452. The molecule has 4 rings (SSSR count). The number of rotatable bonds is 3. The van der Waals surface area contributed by atoms with E-state index in [4.69, 9.17) is 11.6 Å². The molecule has 0 aliphatic heterocycles. The zero-order valence-electron chi connectivity index (χ0n) is 14.6. The quantitative estimate of drug-likeness (QED) is 0.512. The van der Waals surface area contributed by atoms with E-state index in [2.05, 4.69) is 22.4 Å². The number of hydrazone groups is 1. The number of aromatic amines is 1. The maximum atomic E-state index is 12.4. The molecular weight excluding hydrogens is 346 g/mol. The second-order valence-corrected chi connectivity index (χ2v) is 7.32. The number of carbonyl (C=O) groups is 1. The van der Waals surface area contributed by atoms with Gasteiger partial charge in [0.25, 0.3) is 5.91 Å². The van der Waals surface area contributed by atoms with E-state index in [1.807, 2.05) is 36.4 Å². The number of amides is 1. The first-order valence-electron chi connectivity index (χ1n) is 8.83. The van der Waals surface area contributed by atoms with Crippen LogP contribution in [0, 0.1) is 5.92 Å². The predicted octanol–water partition coefficient (Wildman–Crippen LogP) is 4.71. The molecule has 1 amide bonds. The topological polar surface area (TPSA) is 57.2 Å². The molecule has 0 fully saturated rings. The van der Waals surface area contributed by atoms with E-state index >= 15 is 0 Å². The van der Waals surface area contributed by atoms with Crippen LogP contribution in [0.15, 0.2) is 47.6 Å². The molecule has 0 saturated carbocycles. The molecule has 0 radical (unpaired) electrons. The SMILES string of the molecule is CC1CCc2[nH]c3ccc(C(=O)N/N=C\c4ccccc4Cl)cc3c2C1. The van der Waals surface area contributed by atoms with Crippen molar-refractivity contribution in [2.75, 3.05) is 0 Å². The number of nitrogens with one attached hydrogen (secondary N) is 2. The highest BCUT2D eigenvalue weighted by atomic mass is 35.5. The smallest absolute Gasteiger partial charge is 0.271 e. The molecule has 0 saturated heterocycles. The molecule has 5 heteroatoms. The van der Waals surface area contributed by atoms with E-state index < -0.39 is 0 Å². The van der Waals surface area contributed by atoms with Gasteiger partial charge in [0.15, 0.2) is 0 Å². The summed E-state index contributed by atoms with van der Waals surface area (Å²) in [5.41, 5.74) is 7.71. The van der Waals surface area contributed by atoms with Gasteiger partial charge in [0.2, 0.25) is 0 Å². The molecule has 4 nitrogen and oxygen atoms in total. The van der Waals surface area contributed by atoms with Crippen molar-refractivity contribution in [3.8, 4) is 0 Å². The monoisotopic (exact) mass is 365 g/mol. The number of aromatic nitrogens is 1. The van der Waals surface area contributed by atoms with Gasteiger partial charge < -0.3 is 4.98 Å². The van der Waals surface area contributed by atoms with Gasteiger partial charge in [0, 0.05) is 32.7 Å². The van der Waals surface area contributed by atoms with Gasteiger partial charge >= 0.3 is 0 Å². The molecule has 2 aromatic carbocycles. The van der Waals surface area contributed by atoms with Crippen molar-refractivity contribution in [2.24, 2.45) is 11.0 Å². The molecule has 1 heterocycles. The van der Waals surface area contributed by atoms with E-state index in [9.17, 15) is 4.79 Å². The van der Waals surface area contributed by atoms with Crippen molar-refractivity contribution < 1.29 is 4.79 Å². The predicted molar refractivity (Wildman–Crippen MR) is 106 cm³/mol. The minimum Gasteiger partial charge on any atom is -0.358 e. The first-order chi connectivity index (χ1) is 12.6. The number of carbonyl (C=O) groups excluding carboxylic acids is 1. The summed E-state index contributed by atoms with van der Waals surface area (Å²) in [5, 5.41) is 5.77. The average molecular weight is 366 g/mol. The van der Waals surface area contributed by atoms with E-state index in [0.717, 1.165) is 29.3 Å². The number of hydrogen-bond donors (Lipinski definition) is 2. The lowest BCUT2D eigenvalue weighted by atomic mass is 9.87. The van der Waals surface area contributed by atoms with Crippen LogP contribution in [-0.4, -0.2) is 17.1 Å². The second-order valence-electron chi connectivity index (χ2n) is 6.91. The Morgan fingerprint density at radius 1 is 1.31 bits per heavy atom. The van der Waals surface area contributed by atoms with Gasteiger partial charge in [-0.1, -0.05) is 36.7 Å². The van der Waals surface area contributed by atoms with Gasteiger partial charge in [-0.25, -0.2) is 5.43 Å². The Morgan fingerprint density at radius 3 is 3.00 bits per heavy atom. The molecule has 1 aromatic heterocycles. The van der Waals surface area contributed by atoms with Crippen molar-refractivity contribution >= 4 is 34.6 Å². The number of aryl methyl sites for hydroxylation is 1.